The van der Waals surface area contributed by atoms with Crippen molar-refractivity contribution in [1.82, 2.24) is 0 Å². The number of rotatable bonds is 1. The average Bonchev–Trinajstić information content (AvgIpc) is 1.88. The fourth-order valence-corrected chi connectivity index (χ4v) is 0.819. The summed E-state index contributed by atoms with van der Waals surface area (Å²) in [5, 5.41) is 0. The molecule has 1 heterocycles. The molecule has 0 aromatic heterocycles. The Morgan fingerprint density at radius 1 is 1.50 bits per heavy atom. The number of ether oxygens (including phenoxy) is 2. The van der Waals surface area contributed by atoms with Gasteiger partial charge in [0.05, 0.1) is 12.7 Å². The van der Waals surface area contributed by atoms with Crippen LogP contribution in [0.5, 0.6) is 0 Å². The largest absolute Gasteiger partial charge is 0.347 e. The van der Waals surface area contributed by atoms with E-state index in [9.17, 15) is 8.78 Å². The van der Waals surface area contributed by atoms with Gasteiger partial charge in [0.2, 0.25) is 6.29 Å². The van der Waals surface area contributed by atoms with E-state index in [0.29, 0.717) is 13.0 Å². The molecule has 1 fully saturated rings. The summed E-state index contributed by atoms with van der Waals surface area (Å²) in [5.41, 5.74) is 0. The van der Waals surface area contributed by atoms with Crippen molar-refractivity contribution in [1.29, 1.82) is 0 Å². The van der Waals surface area contributed by atoms with Crippen molar-refractivity contribution in [3.63, 3.8) is 0 Å². The van der Waals surface area contributed by atoms with E-state index in [1.54, 1.807) is 6.92 Å². The second kappa shape index (κ2) is 3.25. The third kappa shape index (κ3) is 1.88. The fourth-order valence-electron chi connectivity index (χ4n) is 0.819. The van der Waals surface area contributed by atoms with Crippen LogP contribution in [0.3, 0.4) is 0 Å². The molecule has 0 aromatic rings. The molecular weight excluding hydrogens is 142 g/mol. The molecule has 0 saturated carbocycles. The van der Waals surface area contributed by atoms with Gasteiger partial charge in [0.1, 0.15) is 0 Å². The Labute approximate surface area is 58.1 Å². The van der Waals surface area contributed by atoms with Gasteiger partial charge in [-0.1, -0.05) is 0 Å². The van der Waals surface area contributed by atoms with Crippen LogP contribution < -0.4 is 0 Å². The zero-order chi connectivity index (χ0) is 7.56. The smallest absolute Gasteiger partial charge is 0.288 e. The van der Waals surface area contributed by atoms with Crippen LogP contribution in [-0.2, 0) is 9.47 Å². The zero-order valence-electron chi connectivity index (χ0n) is 5.72. The van der Waals surface area contributed by atoms with E-state index < -0.39 is 12.7 Å². The van der Waals surface area contributed by atoms with Crippen LogP contribution in [0, 0.1) is 0 Å². The molecular formula is C6H10F2O2. The van der Waals surface area contributed by atoms with Crippen molar-refractivity contribution in [2.24, 2.45) is 0 Å². The first-order chi connectivity index (χ1) is 4.70. The Balaban J connectivity index is 2.32. The molecule has 10 heavy (non-hydrogen) atoms. The molecule has 1 aliphatic rings. The number of halogens is 2. The Hall–Kier alpha value is -0.220. The van der Waals surface area contributed by atoms with E-state index >= 15 is 0 Å². The average molecular weight is 152 g/mol. The van der Waals surface area contributed by atoms with Gasteiger partial charge in [-0.2, -0.15) is 0 Å². The third-order valence-corrected chi connectivity index (χ3v) is 1.38. The predicted molar refractivity (Wildman–Crippen MR) is 30.9 cm³/mol. The van der Waals surface area contributed by atoms with Crippen molar-refractivity contribution in [2.45, 2.75) is 32.2 Å². The van der Waals surface area contributed by atoms with Crippen LogP contribution in [0.25, 0.3) is 0 Å². The Morgan fingerprint density at radius 3 is 2.60 bits per heavy atom. The first-order valence-corrected chi connectivity index (χ1v) is 3.25. The monoisotopic (exact) mass is 152 g/mol. The second-order valence-electron chi connectivity index (χ2n) is 2.31. The molecule has 0 N–H and O–H groups in total. The summed E-state index contributed by atoms with van der Waals surface area (Å²) in [6, 6.07) is 0. The Kier molecular flexibility index (Phi) is 2.56. The van der Waals surface area contributed by atoms with Crippen molar-refractivity contribution < 1.29 is 18.3 Å². The van der Waals surface area contributed by atoms with Gasteiger partial charge < -0.3 is 9.47 Å². The van der Waals surface area contributed by atoms with Gasteiger partial charge in [-0.25, -0.2) is 8.78 Å². The second-order valence-corrected chi connectivity index (χ2v) is 2.31. The highest BCUT2D eigenvalue weighted by atomic mass is 19.3. The SMILES string of the molecule is CC1CCOC(C(F)F)O1. The molecule has 0 bridgehead atoms. The van der Waals surface area contributed by atoms with Gasteiger partial charge in [0.15, 0.2) is 0 Å². The molecule has 1 saturated heterocycles. The minimum absolute atomic E-state index is 0.104. The van der Waals surface area contributed by atoms with Crippen LogP contribution >= 0.6 is 0 Å². The third-order valence-electron chi connectivity index (χ3n) is 1.38. The standard InChI is InChI=1S/C6H10F2O2/c1-4-2-3-9-6(10-4)5(7)8/h4-6H,2-3H2,1H3. The lowest BCUT2D eigenvalue weighted by Crippen LogP contribution is -2.35. The van der Waals surface area contributed by atoms with Crippen molar-refractivity contribution in [3.8, 4) is 0 Å². The molecule has 2 nitrogen and oxygen atoms in total. The highest BCUT2D eigenvalue weighted by Gasteiger charge is 2.27. The van der Waals surface area contributed by atoms with Crippen LogP contribution in [0.1, 0.15) is 13.3 Å². The fraction of sp³-hybridized carbons (Fsp3) is 1.00. The Morgan fingerprint density at radius 2 is 2.20 bits per heavy atom. The summed E-state index contributed by atoms with van der Waals surface area (Å²) in [4.78, 5) is 0. The van der Waals surface area contributed by atoms with Crippen LogP contribution in [0.4, 0.5) is 8.78 Å². The molecule has 4 heteroatoms. The van der Waals surface area contributed by atoms with Crippen molar-refractivity contribution >= 4 is 0 Å². The van der Waals surface area contributed by atoms with E-state index in [1.807, 2.05) is 0 Å². The molecule has 1 aliphatic heterocycles. The van der Waals surface area contributed by atoms with Crippen molar-refractivity contribution in [2.75, 3.05) is 6.61 Å². The summed E-state index contributed by atoms with van der Waals surface area (Å²) < 4.78 is 33.1. The van der Waals surface area contributed by atoms with E-state index in [2.05, 4.69) is 4.74 Å². The van der Waals surface area contributed by atoms with E-state index in [-0.39, 0.29) is 6.10 Å². The van der Waals surface area contributed by atoms with E-state index in [1.165, 1.54) is 0 Å². The van der Waals surface area contributed by atoms with Gasteiger partial charge in [-0.15, -0.1) is 0 Å². The van der Waals surface area contributed by atoms with Crippen LogP contribution in [0.2, 0.25) is 0 Å². The molecule has 0 amide bonds. The zero-order valence-corrected chi connectivity index (χ0v) is 5.72. The van der Waals surface area contributed by atoms with Crippen LogP contribution in [0.15, 0.2) is 0 Å². The highest BCUT2D eigenvalue weighted by molar-refractivity contribution is 4.59. The normalized spacial score (nSPS) is 34.8. The highest BCUT2D eigenvalue weighted by Crippen LogP contribution is 2.16. The minimum Gasteiger partial charge on any atom is -0.347 e. The van der Waals surface area contributed by atoms with E-state index in [4.69, 9.17) is 4.74 Å². The predicted octanol–water partition coefficient (Wildman–Crippen LogP) is 1.40. The Bertz CT molecular complexity index is 108. The molecule has 2 unspecified atom stereocenters. The number of hydrogen-bond acceptors (Lipinski definition) is 2. The molecule has 0 spiro atoms. The van der Waals surface area contributed by atoms with Gasteiger partial charge in [-0.05, 0) is 13.3 Å². The summed E-state index contributed by atoms with van der Waals surface area (Å²) in [5.74, 6) is 0. The maximum Gasteiger partial charge on any atom is 0.288 e. The molecule has 0 aromatic carbocycles. The maximum atomic E-state index is 11.8. The molecule has 2 atom stereocenters. The van der Waals surface area contributed by atoms with Gasteiger partial charge in [0, 0.05) is 0 Å². The molecule has 1 rings (SSSR count). The molecule has 60 valence electrons. The lowest BCUT2D eigenvalue weighted by Gasteiger charge is -2.27. The summed E-state index contributed by atoms with van der Waals surface area (Å²) in [6.45, 7) is 2.13. The van der Waals surface area contributed by atoms with Crippen LogP contribution in [-0.4, -0.2) is 25.4 Å². The van der Waals surface area contributed by atoms with E-state index in [0.717, 1.165) is 0 Å². The number of alkyl halides is 2. The topological polar surface area (TPSA) is 18.5 Å². The summed E-state index contributed by atoms with van der Waals surface area (Å²) in [7, 11) is 0. The van der Waals surface area contributed by atoms with Gasteiger partial charge >= 0.3 is 0 Å². The molecule has 0 radical (unpaired) electrons. The quantitative estimate of drug-likeness (QED) is 0.565. The lowest BCUT2D eigenvalue weighted by molar-refractivity contribution is -0.255. The maximum absolute atomic E-state index is 11.8. The molecule has 0 aliphatic carbocycles. The van der Waals surface area contributed by atoms with Gasteiger partial charge in [-0.3, -0.25) is 0 Å². The minimum atomic E-state index is -2.53. The number of hydrogen-bond donors (Lipinski definition) is 0. The lowest BCUT2D eigenvalue weighted by atomic mass is 10.3. The summed E-state index contributed by atoms with van der Waals surface area (Å²) >= 11 is 0. The van der Waals surface area contributed by atoms with Crippen molar-refractivity contribution in [3.05, 3.63) is 0 Å². The van der Waals surface area contributed by atoms with Gasteiger partial charge in [0.25, 0.3) is 6.43 Å². The first-order valence-electron chi connectivity index (χ1n) is 3.25. The first kappa shape index (κ1) is 7.88. The summed E-state index contributed by atoms with van der Waals surface area (Å²) in [6.07, 6.45) is -3.23.